The summed E-state index contributed by atoms with van der Waals surface area (Å²) in [5.41, 5.74) is 1.14. The van der Waals surface area contributed by atoms with Crippen LogP contribution in [0.1, 0.15) is 22.8 Å². The van der Waals surface area contributed by atoms with E-state index in [0.29, 0.717) is 16.9 Å². The molecule has 0 bridgehead atoms. The monoisotopic (exact) mass is 425 g/mol. The second kappa shape index (κ2) is 8.79. The first kappa shape index (κ1) is 21.1. The Morgan fingerprint density at radius 3 is 2.10 bits per heavy atom. The van der Waals surface area contributed by atoms with Gasteiger partial charge in [0.1, 0.15) is 16.4 Å². The molecule has 3 aromatic carbocycles. The van der Waals surface area contributed by atoms with Crippen LogP contribution in [0.15, 0.2) is 77.7 Å². The molecule has 0 atom stereocenters. The van der Waals surface area contributed by atoms with Gasteiger partial charge in [-0.3, -0.25) is 9.59 Å². The summed E-state index contributed by atoms with van der Waals surface area (Å²) in [4.78, 5) is 23.6. The average Bonchev–Trinajstić information content (AvgIpc) is 2.73. The van der Waals surface area contributed by atoms with Gasteiger partial charge in [-0.25, -0.2) is 0 Å². The van der Waals surface area contributed by atoms with Crippen LogP contribution in [0.2, 0.25) is 0 Å². The third-order valence-electron chi connectivity index (χ3n) is 4.13. The molecule has 0 unspecified atom stereocenters. The molecule has 8 heteroatoms. The first-order valence-electron chi connectivity index (χ1n) is 8.90. The van der Waals surface area contributed by atoms with Crippen molar-refractivity contribution in [3.63, 3.8) is 0 Å². The van der Waals surface area contributed by atoms with Crippen LogP contribution in [-0.2, 0) is 14.9 Å². The van der Waals surface area contributed by atoms with Gasteiger partial charge in [0.05, 0.1) is 12.8 Å². The van der Waals surface area contributed by atoms with Crippen molar-refractivity contribution < 1.29 is 26.9 Å². The van der Waals surface area contributed by atoms with Crippen LogP contribution in [0.3, 0.4) is 0 Å². The van der Waals surface area contributed by atoms with E-state index in [4.69, 9.17) is 8.92 Å². The number of carbonyl (C=O) groups excluding carboxylic acids is 2. The average molecular weight is 425 g/mol. The fourth-order valence-corrected chi connectivity index (χ4v) is 3.68. The molecule has 0 spiro atoms. The van der Waals surface area contributed by atoms with Gasteiger partial charge in [0.15, 0.2) is 5.78 Å². The molecule has 0 heterocycles. The first-order valence-corrected chi connectivity index (χ1v) is 10.3. The van der Waals surface area contributed by atoms with Gasteiger partial charge >= 0.3 is 10.1 Å². The highest BCUT2D eigenvalue weighted by molar-refractivity contribution is 7.87. The quantitative estimate of drug-likeness (QED) is 0.458. The standard InChI is InChI=1S/C22H19NO6S/c1-15(24)23-20-14-19(12-13-21(20)28-2)30(26,27)29-18-10-8-17(9-11-18)22(25)16-6-4-3-5-7-16/h3-14H,1-2H3,(H,23,24). The minimum atomic E-state index is -4.17. The lowest BCUT2D eigenvalue weighted by Crippen LogP contribution is -2.12. The molecule has 1 amide bonds. The summed E-state index contributed by atoms with van der Waals surface area (Å²) in [6.45, 7) is 1.30. The van der Waals surface area contributed by atoms with Crippen molar-refractivity contribution in [1.29, 1.82) is 0 Å². The highest BCUT2D eigenvalue weighted by Gasteiger charge is 2.20. The maximum Gasteiger partial charge on any atom is 0.339 e. The summed E-state index contributed by atoms with van der Waals surface area (Å²) < 4.78 is 35.6. The zero-order valence-electron chi connectivity index (χ0n) is 16.3. The Kier molecular flexibility index (Phi) is 6.17. The van der Waals surface area contributed by atoms with E-state index in [-0.39, 0.29) is 28.0 Å². The number of ether oxygens (including phenoxy) is 1. The number of carbonyl (C=O) groups is 2. The molecule has 0 aromatic heterocycles. The summed E-state index contributed by atoms with van der Waals surface area (Å²) >= 11 is 0. The van der Waals surface area contributed by atoms with Crippen LogP contribution < -0.4 is 14.2 Å². The number of ketones is 1. The highest BCUT2D eigenvalue weighted by Crippen LogP contribution is 2.29. The normalized spacial score (nSPS) is 10.9. The molecule has 0 saturated heterocycles. The van der Waals surface area contributed by atoms with E-state index in [1.807, 2.05) is 6.07 Å². The number of amides is 1. The fourth-order valence-electron chi connectivity index (χ4n) is 2.72. The van der Waals surface area contributed by atoms with Crippen molar-refractivity contribution in [3.05, 3.63) is 83.9 Å². The predicted octanol–water partition coefficient (Wildman–Crippen LogP) is 3.65. The molecular weight excluding hydrogens is 406 g/mol. The van der Waals surface area contributed by atoms with Crippen LogP contribution in [-0.4, -0.2) is 27.2 Å². The molecule has 0 aliphatic heterocycles. The van der Waals surface area contributed by atoms with Crippen molar-refractivity contribution >= 4 is 27.5 Å². The van der Waals surface area contributed by atoms with E-state index in [0.717, 1.165) is 0 Å². The Hall–Kier alpha value is -3.65. The maximum atomic E-state index is 12.6. The van der Waals surface area contributed by atoms with Crippen molar-refractivity contribution in [2.75, 3.05) is 12.4 Å². The highest BCUT2D eigenvalue weighted by atomic mass is 32.2. The van der Waals surface area contributed by atoms with Crippen LogP contribution >= 0.6 is 0 Å². The predicted molar refractivity (Wildman–Crippen MR) is 111 cm³/mol. The van der Waals surface area contributed by atoms with E-state index >= 15 is 0 Å². The zero-order chi connectivity index (χ0) is 21.7. The van der Waals surface area contributed by atoms with Crippen LogP contribution in [0.5, 0.6) is 11.5 Å². The molecular formula is C22H19NO6S. The molecule has 3 aromatic rings. The van der Waals surface area contributed by atoms with Crippen molar-refractivity contribution in [1.82, 2.24) is 0 Å². The van der Waals surface area contributed by atoms with E-state index in [1.54, 1.807) is 24.3 Å². The number of benzene rings is 3. The minimum Gasteiger partial charge on any atom is -0.495 e. The summed E-state index contributed by atoms with van der Waals surface area (Å²) in [6, 6.07) is 18.5. The maximum absolute atomic E-state index is 12.6. The molecule has 154 valence electrons. The Morgan fingerprint density at radius 2 is 1.50 bits per heavy atom. The Labute approximate surface area is 174 Å². The number of hydrogen-bond acceptors (Lipinski definition) is 6. The van der Waals surface area contributed by atoms with Crippen LogP contribution in [0.4, 0.5) is 5.69 Å². The van der Waals surface area contributed by atoms with Gasteiger partial charge in [0, 0.05) is 18.1 Å². The second-order valence-corrected chi connectivity index (χ2v) is 7.85. The van der Waals surface area contributed by atoms with E-state index in [1.165, 1.54) is 56.5 Å². The topological polar surface area (TPSA) is 98.8 Å². The molecule has 0 aliphatic carbocycles. The van der Waals surface area contributed by atoms with Gasteiger partial charge < -0.3 is 14.2 Å². The third-order valence-corrected chi connectivity index (χ3v) is 5.37. The first-order chi connectivity index (χ1) is 14.3. The summed E-state index contributed by atoms with van der Waals surface area (Å²) in [5.74, 6) is -0.188. The lowest BCUT2D eigenvalue weighted by molar-refractivity contribution is -0.114. The smallest absolute Gasteiger partial charge is 0.339 e. The number of rotatable bonds is 7. The van der Waals surface area contributed by atoms with Crippen molar-refractivity contribution in [2.24, 2.45) is 0 Å². The Morgan fingerprint density at radius 1 is 0.867 bits per heavy atom. The summed E-state index contributed by atoms with van der Waals surface area (Å²) in [7, 11) is -2.77. The lowest BCUT2D eigenvalue weighted by Gasteiger charge is -2.12. The van der Waals surface area contributed by atoms with Gasteiger partial charge in [-0.15, -0.1) is 0 Å². The number of anilines is 1. The van der Waals surface area contributed by atoms with Crippen molar-refractivity contribution in [2.45, 2.75) is 11.8 Å². The second-order valence-electron chi connectivity index (χ2n) is 6.30. The molecule has 0 fully saturated rings. The van der Waals surface area contributed by atoms with Gasteiger partial charge in [0.2, 0.25) is 5.91 Å². The molecule has 1 N–H and O–H groups in total. The van der Waals surface area contributed by atoms with E-state index in [2.05, 4.69) is 5.32 Å². The summed E-state index contributed by atoms with van der Waals surface area (Å²) in [5, 5.41) is 2.51. The molecule has 7 nitrogen and oxygen atoms in total. The molecule has 3 rings (SSSR count). The minimum absolute atomic E-state index is 0.0523. The largest absolute Gasteiger partial charge is 0.495 e. The van der Waals surface area contributed by atoms with E-state index in [9.17, 15) is 18.0 Å². The number of methoxy groups -OCH3 is 1. The van der Waals surface area contributed by atoms with Crippen molar-refractivity contribution in [3.8, 4) is 11.5 Å². The van der Waals surface area contributed by atoms with Gasteiger partial charge in [-0.1, -0.05) is 30.3 Å². The van der Waals surface area contributed by atoms with Gasteiger partial charge in [-0.05, 0) is 42.5 Å². The SMILES string of the molecule is COc1ccc(S(=O)(=O)Oc2ccc(C(=O)c3ccccc3)cc2)cc1NC(C)=O. The third kappa shape index (κ3) is 4.84. The lowest BCUT2D eigenvalue weighted by atomic mass is 10.0. The van der Waals surface area contributed by atoms with Crippen LogP contribution in [0.25, 0.3) is 0 Å². The van der Waals surface area contributed by atoms with Gasteiger partial charge in [-0.2, -0.15) is 8.42 Å². The fraction of sp³-hybridized carbons (Fsp3) is 0.0909. The molecule has 30 heavy (non-hydrogen) atoms. The van der Waals surface area contributed by atoms with Gasteiger partial charge in [0.25, 0.3) is 0 Å². The molecule has 0 radical (unpaired) electrons. The van der Waals surface area contributed by atoms with E-state index < -0.39 is 10.1 Å². The molecule has 0 aliphatic rings. The Balaban J connectivity index is 1.82. The Bertz CT molecular complexity index is 1170. The number of nitrogens with one attached hydrogen (secondary N) is 1. The molecule has 0 saturated carbocycles. The number of hydrogen-bond donors (Lipinski definition) is 1. The van der Waals surface area contributed by atoms with Crippen LogP contribution in [0, 0.1) is 0 Å². The summed E-state index contributed by atoms with van der Waals surface area (Å²) in [6.07, 6.45) is 0. The zero-order valence-corrected chi connectivity index (χ0v) is 17.1.